The molecule has 0 spiro atoms. The van der Waals surface area contributed by atoms with E-state index in [4.69, 9.17) is 0 Å². The Bertz CT molecular complexity index is 837. The zero-order valence-electron chi connectivity index (χ0n) is 15.1. The number of anilines is 2. The lowest BCUT2D eigenvalue weighted by molar-refractivity contribution is -0.138. The van der Waals surface area contributed by atoms with Crippen molar-refractivity contribution in [2.24, 2.45) is 4.99 Å². The molecule has 7 heteroatoms. The van der Waals surface area contributed by atoms with Gasteiger partial charge in [-0.3, -0.25) is 4.99 Å². The van der Waals surface area contributed by atoms with Crippen LogP contribution in [0.1, 0.15) is 49.4 Å². The lowest BCUT2D eigenvalue weighted by atomic mass is 10.00. The fourth-order valence-electron chi connectivity index (χ4n) is 2.97. The lowest BCUT2D eigenvalue weighted by Gasteiger charge is -2.15. The van der Waals surface area contributed by atoms with Gasteiger partial charge in [0.1, 0.15) is 0 Å². The van der Waals surface area contributed by atoms with Crippen LogP contribution in [0.25, 0.3) is 5.57 Å². The van der Waals surface area contributed by atoms with Crippen molar-refractivity contribution in [1.29, 1.82) is 0 Å². The van der Waals surface area contributed by atoms with Gasteiger partial charge in [-0.1, -0.05) is 31.9 Å². The first-order valence-corrected chi connectivity index (χ1v) is 9.98. The van der Waals surface area contributed by atoms with Gasteiger partial charge in [0.05, 0.1) is 11.3 Å². The van der Waals surface area contributed by atoms with E-state index in [1.165, 1.54) is 17.4 Å². The average molecular weight is 393 g/mol. The summed E-state index contributed by atoms with van der Waals surface area (Å²) < 4.78 is 40.4. The van der Waals surface area contributed by atoms with E-state index in [0.29, 0.717) is 22.8 Å². The van der Waals surface area contributed by atoms with Gasteiger partial charge >= 0.3 is 6.18 Å². The van der Waals surface area contributed by atoms with Crippen LogP contribution >= 0.6 is 11.3 Å². The smallest absolute Gasteiger partial charge is 0.332 e. The molecule has 2 aromatic rings. The molecule has 0 saturated carbocycles. The molecule has 0 unspecified atom stereocenters. The molecule has 27 heavy (non-hydrogen) atoms. The Hall–Kier alpha value is -2.15. The maximum atomic E-state index is 13.5. The number of hydrogen-bond acceptors (Lipinski definition) is 4. The Balaban J connectivity index is 1.78. The molecule has 0 aliphatic carbocycles. The number of nitrogens with one attached hydrogen (secondary N) is 1. The van der Waals surface area contributed by atoms with Crippen molar-refractivity contribution in [3.63, 3.8) is 0 Å². The molecule has 2 heterocycles. The van der Waals surface area contributed by atoms with E-state index >= 15 is 0 Å². The number of nitrogens with zero attached hydrogens (tertiary/aromatic N) is 2. The summed E-state index contributed by atoms with van der Waals surface area (Å²) in [6.07, 6.45) is 3.48. The number of allylic oxidation sites excluding steroid dienone is 1. The van der Waals surface area contributed by atoms with Crippen LogP contribution in [0.5, 0.6) is 0 Å². The van der Waals surface area contributed by atoms with E-state index in [0.717, 1.165) is 43.5 Å². The van der Waals surface area contributed by atoms with Crippen molar-refractivity contribution in [2.45, 2.75) is 45.2 Å². The summed E-state index contributed by atoms with van der Waals surface area (Å²) in [5.41, 5.74) is 1.92. The van der Waals surface area contributed by atoms with Crippen molar-refractivity contribution in [3.05, 3.63) is 46.5 Å². The summed E-state index contributed by atoms with van der Waals surface area (Å²) in [5, 5.41) is 5.46. The third-order valence-electron chi connectivity index (χ3n) is 4.37. The number of aromatic nitrogens is 1. The average Bonchev–Trinajstić information content (AvgIpc) is 3.11. The van der Waals surface area contributed by atoms with E-state index in [-0.39, 0.29) is 0 Å². The highest BCUT2D eigenvalue weighted by molar-refractivity contribution is 7.13. The van der Waals surface area contributed by atoms with Gasteiger partial charge in [0.2, 0.25) is 0 Å². The number of halogens is 3. The Morgan fingerprint density at radius 1 is 1.22 bits per heavy atom. The minimum atomic E-state index is -4.36. The molecular formula is C20H22F3N3S. The molecule has 0 atom stereocenters. The van der Waals surface area contributed by atoms with Crippen LogP contribution in [-0.2, 0) is 12.6 Å². The number of aliphatic imine (C=N–C) groups is 1. The maximum Gasteiger partial charge on any atom is 0.416 e. The number of alkyl halides is 3. The molecule has 1 N–H and O–H groups in total. The largest absolute Gasteiger partial charge is 0.416 e. The molecule has 0 saturated heterocycles. The van der Waals surface area contributed by atoms with E-state index in [1.54, 1.807) is 18.3 Å². The summed E-state index contributed by atoms with van der Waals surface area (Å²) in [5.74, 6) is 0. The summed E-state index contributed by atoms with van der Waals surface area (Å²) in [6.45, 7) is 2.82. The van der Waals surface area contributed by atoms with Gasteiger partial charge in [-0.2, -0.15) is 13.2 Å². The minimum absolute atomic E-state index is 0.352. The Morgan fingerprint density at radius 3 is 2.78 bits per heavy atom. The molecule has 3 nitrogen and oxygen atoms in total. The van der Waals surface area contributed by atoms with Crippen molar-refractivity contribution in [1.82, 2.24) is 4.98 Å². The standard InChI is InChI=1S/C20H22F3N3S/c1-2-3-4-6-14-8-9-16(11-17(14)20(21,22)23)25-19-26-18(13-27-19)15-7-5-10-24-12-15/h7-9,11-13H,2-6,10H2,1H3,(H,25,26). The second-order valence-corrected chi connectivity index (χ2v) is 7.33. The maximum absolute atomic E-state index is 13.5. The van der Waals surface area contributed by atoms with E-state index in [1.807, 2.05) is 12.3 Å². The molecule has 0 bridgehead atoms. The van der Waals surface area contributed by atoms with Crippen LogP contribution in [0.4, 0.5) is 24.0 Å². The number of dihydropyridines is 1. The first-order valence-electron chi connectivity index (χ1n) is 9.10. The van der Waals surface area contributed by atoms with Gasteiger partial charge in [-0.05, 0) is 37.0 Å². The third-order valence-corrected chi connectivity index (χ3v) is 5.13. The molecule has 1 aliphatic heterocycles. The van der Waals surface area contributed by atoms with Crippen LogP contribution in [-0.4, -0.2) is 17.7 Å². The minimum Gasteiger partial charge on any atom is -0.332 e. The van der Waals surface area contributed by atoms with Gasteiger partial charge in [0.15, 0.2) is 5.13 Å². The van der Waals surface area contributed by atoms with E-state index in [2.05, 4.69) is 21.4 Å². The number of hydrogen-bond donors (Lipinski definition) is 1. The highest BCUT2D eigenvalue weighted by Gasteiger charge is 2.33. The summed E-state index contributed by atoms with van der Waals surface area (Å²) in [6, 6.07) is 4.45. The highest BCUT2D eigenvalue weighted by Crippen LogP contribution is 2.35. The zero-order chi connectivity index (χ0) is 19.3. The number of aryl methyl sites for hydroxylation is 1. The topological polar surface area (TPSA) is 37.3 Å². The molecule has 1 aromatic heterocycles. The monoisotopic (exact) mass is 393 g/mol. The third kappa shape index (κ3) is 5.19. The van der Waals surface area contributed by atoms with Gasteiger partial charge in [0.25, 0.3) is 0 Å². The lowest BCUT2D eigenvalue weighted by Crippen LogP contribution is -2.10. The molecular weight excluding hydrogens is 371 g/mol. The highest BCUT2D eigenvalue weighted by atomic mass is 32.1. The summed E-state index contributed by atoms with van der Waals surface area (Å²) in [4.78, 5) is 8.70. The molecule has 0 fully saturated rings. The van der Waals surface area contributed by atoms with Crippen LogP contribution < -0.4 is 5.32 Å². The number of benzene rings is 1. The molecule has 0 radical (unpaired) electrons. The first-order chi connectivity index (χ1) is 13.0. The number of rotatable bonds is 7. The number of unbranched alkanes of at least 4 members (excludes halogenated alkanes) is 2. The van der Waals surface area contributed by atoms with Crippen molar-refractivity contribution in [2.75, 3.05) is 11.9 Å². The fourth-order valence-corrected chi connectivity index (χ4v) is 3.71. The zero-order valence-corrected chi connectivity index (χ0v) is 16.0. The molecule has 1 aliphatic rings. The van der Waals surface area contributed by atoms with Crippen LogP contribution in [0.3, 0.4) is 0 Å². The SMILES string of the molecule is CCCCCc1ccc(Nc2nc(C3=CCCN=C3)cs2)cc1C(F)(F)F. The molecule has 144 valence electrons. The molecule has 0 amide bonds. The van der Waals surface area contributed by atoms with E-state index in [9.17, 15) is 13.2 Å². The van der Waals surface area contributed by atoms with Crippen LogP contribution in [0, 0.1) is 0 Å². The Kier molecular flexibility index (Phi) is 6.31. The predicted octanol–water partition coefficient (Wildman–Crippen LogP) is 6.50. The Morgan fingerprint density at radius 2 is 2.07 bits per heavy atom. The predicted molar refractivity (Wildman–Crippen MR) is 106 cm³/mol. The Labute approximate surface area is 161 Å². The van der Waals surface area contributed by atoms with Crippen molar-refractivity contribution in [3.8, 4) is 0 Å². The van der Waals surface area contributed by atoms with Gasteiger partial charge < -0.3 is 5.32 Å². The normalized spacial score (nSPS) is 14.3. The van der Waals surface area contributed by atoms with Crippen LogP contribution in [0.15, 0.2) is 34.6 Å². The molecule has 1 aromatic carbocycles. The van der Waals surface area contributed by atoms with Crippen molar-refractivity contribution < 1.29 is 13.2 Å². The second-order valence-electron chi connectivity index (χ2n) is 6.47. The van der Waals surface area contributed by atoms with Crippen molar-refractivity contribution >= 4 is 33.9 Å². The van der Waals surface area contributed by atoms with Gasteiger partial charge in [0, 0.05) is 29.4 Å². The van der Waals surface area contributed by atoms with E-state index < -0.39 is 11.7 Å². The van der Waals surface area contributed by atoms with Gasteiger partial charge in [-0.25, -0.2) is 4.98 Å². The summed E-state index contributed by atoms with van der Waals surface area (Å²) >= 11 is 1.37. The quantitative estimate of drug-likeness (QED) is 0.546. The second kappa shape index (κ2) is 8.69. The summed E-state index contributed by atoms with van der Waals surface area (Å²) in [7, 11) is 0. The van der Waals surface area contributed by atoms with Crippen LogP contribution in [0.2, 0.25) is 0 Å². The fraction of sp³-hybridized carbons (Fsp3) is 0.400. The van der Waals surface area contributed by atoms with Gasteiger partial charge in [-0.15, -0.1) is 11.3 Å². The first kappa shape index (κ1) is 19.6. The number of thiazole rings is 1. The molecule has 3 rings (SSSR count).